The van der Waals surface area contributed by atoms with E-state index in [0.29, 0.717) is 5.41 Å². The van der Waals surface area contributed by atoms with Crippen molar-refractivity contribution in [3.63, 3.8) is 0 Å². The molecule has 2 bridgehead atoms. The molecule has 1 aliphatic heterocycles. The van der Waals surface area contributed by atoms with Crippen LogP contribution in [0.25, 0.3) is 5.65 Å². The molecule has 2 saturated carbocycles. The molecule has 4 heteroatoms. The fraction of sp³-hybridized carbons (Fsp3) is 0.556. The molecule has 22 heavy (non-hydrogen) atoms. The molecule has 2 aromatic rings. The first kappa shape index (κ1) is 12.7. The van der Waals surface area contributed by atoms with Crippen LogP contribution >= 0.6 is 0 Å². The lowest BCUT2D eigenvalue weighted by atomic mass is 9.70. The van der Waals surface area contributed by atoms with Crippen molar-refractivity contribution in [1.82, 2.24) is 14.3 Å². The summed E-state index contributed by atoms with van der Waals surface area (Å²) in [5, 5.41) is 0. The second kappa shape index (κ2) is 4.12. The number of imidazole rings is 1. The number of fused-ring (bicyclic) bond motifs is 6. The van der Waals surface area contributed by atoms with Crippen LogP contribution in [0.3, 0.4) is 0 Å². The van der Waals surface area contributed by atoms with Crippen molar-refractivity contribution >= 4 is 11.6 Å². The van der Waals surface area contributed by atoms with Crippen LogP contribution in [0.2, 0.25) is 0 Å². The van der Waals surface area contributed by atoms with Crippen LogP contribution < -0.4 is 0 Å². The zero-order chi connectivity index (χ0) is 14.9. The van der Waals surface area contributed by atoms with Crippen LogP contribution in [0.1, 0.15) is 36.5 Å². The molecule has 0 N–H and O–H groups in total. The number of rotatable bonds is 1. The minimum atomic E-state index is 0.186. The molecule has 0 unspecified atom stereocenters. The number of hydrogen-bond donors (Lipinski definition) is 0. The van der Waals surface area contributed by atoms with E-state index in [2.05, 4.69) is 16.8 Å². The number of carbonyl (C=O) groups is 1. The molecule has 0 aromatic carbocycles. The van der Waals surface area contributed by atoms with E-state index in [1.165, 1.54) is 19.3 Å². The first-order valence-electron chi connectivity index (χ1n) is 8.37. The first-order valence-corrected chi connectivity index (χ1v) is 8.37. The van der Waals surface area contributed by atoms with Gasteiger partial charge in [0.05, 0.1) is 5.56 Å². The molecular formula is C18H21N3O. The Morgan fingerprint density at radius 3 is 3.14 bits per heavy atom. The molecule has 0 radical (unpaired) electrons. The Labute approximate surface area is 130 Å². The average Bonchev–Trinajstić information content (AvgIpc) is 3.25. The maximum atomic E-state index is 12.9. The maximum Gasteiger partial charge on any atom is 0.255 e. The Morgan fingerprint density at radius 2 is 2.27 bits per heavy atom. The molecule has 3 aliphatic rings. The van der Waals surface area contributed by atoms with Crippen molar-refractivity contribution in [2.45, 2.75) is 26.2 Å². The van der Waals surface area contributed by atoms with Gasteiger partial charge < -0.3 is 9.30 Å². The Balaban J connectivity index is 1.44. The molecule has 114 valence electrons. The second-order valence-electron chi connectivity index (χ2n) is 7.68. The maximum absolute atomic E-state index is 12.9. The van der Waals surface area contributed by atoms with Crippen molar-refractivity contribution < 1.29 is 4.79 Å². The largest absolute Gasteiger partial charge is 0.338 e. The van der Waals surface area contributed by atoms with Gasteiger partial charge in [-0.3, -0.25) is 4.79 Å². The Morgan fingerprint density at radius 1 is 1.36 bits per heavy atom. The third-order valence-corrected chi connectivity index (χ3v) is 6.69. The van der Waals surface area contributed by atoms with Crippen LogP contribution in [0.15, 0.2) is 30.7 Å². The summed E-state index contributed by atoms with van der Waals surface area (Å²) >= 11 is 0. The van der Waals surface area contributed by atoms with Gasteiger partial charge in [0.25, 0.3) is 5.91 Å². The highest BCUT2D eigenvalue weighted by atomic mass is 16.2. The normalized spacial score (nSPS) is 36.2. The number of aromatic nitrogens is 2. The number of hydrogen-bond acceptors (Lipinski definition) is 2. The van der Waals surface area contributed by atoms with E-state index < -0.39 is 0 Å². The van der Waals surface area contributed by atoms with Gasteiger partial charge in [-0.05, 0) is 54.6 Å². The van der Waals surface area contributed by atoms with Gasteiger partial charge in [0, 0.05) is 31.7 Å². The highest BCUT2D eigenvalue weighted by Gasteiger charge is 2.59. The zero-order valence-corrected chi connectivity index (χ0v) is 12.9. The molecule has 5 rings (SSSR count). The van der Waals surface area contributed by atoms with Crippen LogP contribution in [0.4, 0.5) is 0 Å². The van der Waals surface area contributed by atoms with Crippen molar-refractivity contribution in [3.05, 3.63) is 36.3 Å². The summed E-state index contributed by atoms with van der Waals surface area (Å²) in [4.78, 5) is 19.3. The van der Waals surface area contributed by atoms with Gasteiger partial charge in [0.2, 0.25) is 0 Å². The monoisotopic (exact) mass is 295 g/mol. The molecule has 4 atom stereocenters. The minimum Gasteiger partial charge on any atom is -0.338 e. The van der Waals surface area contributed by atoms with Gasteiger partial charge in [0.1, 0.15) is 5.65 Å². The summed E-state index contributed by atoms with van der Waals surface area (Å²) in [7, 11) is 0. The molecular weight excluding hydrogens is 274 g/mol. The number of likely N-dealkylation sites (tertiary alicyclic amines) is 1. The van der Waals surface area contributed by atoms with E-state index in [1.807, 2.05) is 28.9 Å². The minimum absolute atomic E-state index is 0.186. The number of amides is 1. The summed E-state index contributed by atoms with van der Waals surface area (Å²) in [5.74, 6) is 2.62. The molecule has 1 saturated heterocycles. The first-order chi connectivity index (χ1) is 10.6. The number of pyridine rings is 1. The van der Waals surface area contributed by atoms with E-state index in [1.54, 1.807) is 6.20 Å². The predicted molar refractivity (Wildman–Crippen MR) is 83.5 cm³/mol. The molecule has 4 nitrogen and oxygen atoms in total. The number of carbonyl (C=O) groups excluding carboxylic acids is 1. The van der Waals surface area contributed by atoms with Crippen LogP contribution in [0.5, 0.6) is 0 Å². The van der Waals surface area contributed by atoms with E-state index >= 15 is 0 Å². The van der Waals surface area contributed by atoms with Gasteiger partial charge in [-0.2, -0.15) is 0 Å². The van der Waals surface area contributed by atoms with Crippen LogP contribution in [0, 0.1) is 23.2 Å². The van der Waals surface area contributed by atoms with Crippen LogP contribution in [-0.4, -0.2) is 33.3 Å². The van der Waals surface area contributed by atoms with Gasteiger partial charge in [-0.15, -0.1) is 0 Å². The zero-order valence-electron chi connectivity index (χ0n) is 12.9. The van der Waals surface area contributed by atoms with E-state index in [0.717, 1.165) is 42.1 Å². The smallest absolute Gasteiger partial charge is 0.255 e. The lowest BCUT2D eigenvalue weighted by Crippen LogP contribution is -2.34. The fourth-order valence-corrected chi connectivity index (χ4v) is 5.52. The molecule has 2 aliphatic carbocycles. The highest BCUT2D eigenvalue weighted by molar-refractivity contribution is 5.94. The summed E-state index contributed by atoms with van der Waals surface area (Å²) in [5.41, 5.74) is 2.04. The Bertz CT molecular complexity index is 767. The lowest BCUT2D eigenvalue weighted by Gasteiger charge is -2.34. The average molecular weight is 295 g/mol. The Kier molecular flexibility index (Phi) is 2.37. The van der Waals surface area contributed by atoms with Crippen molar-refractivity contribution in [2.75, 3.05) is 13.1 Å². The fourth-order valence-electron chi connectivity index (χ4n) is 5.52. The summed E-state index contributed by atoms with van der Waals surface area (Å²) in [6.45, 7) is 4.33. The molecule has 3 heterocycles. The van der Waals surface area contributed by atoms with Gasteiger partial charge in [0.15, 0.2) is 0 Å². The summed E-state index contributed by atoms with van der Waals surface area (Å²) < 4.78 is 1.93. The molecule has 1 amide bonds. The molecule has 2 aromatic heterocycles. The van der Waals surface area contributed by atoms with E-state index in [4.69, 9.17) is 0 Å². The predicted octanol–water partition coefficient (Wildman–Crippen LogP) is 2.84. The van der Waals surface area contributed by atoms with Crippen LogP contribution in [-0.2, 0) is 0 Å². The third-order valence-electron chi connectivity index (χ3n) is 6.69. The van der Waals surface area contributed by atoms with Gasteiger partial charge in [-0.1, -0.05) is 6.92 Å². The van der Waals surface area contributed by atoms with E-state index in [9.17, 15) is 4.79 Å². The highest BCUT2D eigenvalue weighted by Crippen LogP contribution is 2.62. The van der Waals surface area contributed by atoms with E-state index in [-0.39, 0.29) is 5.91 Å². The SMILES string of the molecule is C[C@]12CN(C(=O)c3ccc4nccn4c3)C[C@H]1[C@@H]1CC[C@H]2C1. The van der Waals surface area contributed by atoms with Crippen molar-refractivity contribution in [3.8, 4) is 0 Å². The lowest BCUT2D eigenvalue weighted by molar-refractivity contribution is 0.0759. The van der Waals surface area contributed by atoms with Crippen molar-refractivity contribution in [1.29, 1.82) is 0 Å². The summed E-state index contributed by atoms with van der Waals surface area (Å²) in [6.07, 6.45) is 9.74. The Hall–Kier alpha value is -1.84. The summed E-state index contributed by atoms with van der Waals surface area (Å²) in [6, 6.07) is 3.84. The van der Waals surface area contributed by atoms with Gasteiger partial charge >= 0.3 is 0 Å². The molecule has 0 spiro atoms. The topological polar surface area (TPSA) is 37.6 Å². The van der Waals surface area contributed by atoms with Gasteiger partial charge in [-0.25, -0.2) is 4.98 Å². The van der Waals surface area contributed by atoms with Crippen molar-refractivity contribution in [2.24, 2.45) is 23.2 Å². The second-order valence-corrected chi connectivity index (χ2v) is 7.68. The number of nitrogens with zero attached hydrogens (tertiary/aromatic N) is 3. The third kappa shape index (κ3) is 1.53. The molecule has 3 fully saturated rings. The standard InChI is InChI=1S/C18H21N3O/c1-18-11-21(10-15(18)12-2-4-14(18)8-12)17(22)13-3-5-16-19-6-7-20(16)9-13/h3,5-7,9,12,14-15H,2,4,8,10-11H2,1H3/t12-,14+,15+,18-/m1/s1. The quantitative estimate of drug-likeness (QED) is 0.811.